The molecule has 0 radical (unpaired) electrons. The summed E-state index contributed by atoms with van der Waals surface area (Å²) in [5.41, 5.74) is 8.04. The van der Waals surface area contributed by atoms with E-state index in [0.29, 0.717) is 0 Å². The molecule has 0 amide bonds. The smallest absolute Gasteiger partial charge is 0.152 e. The highest BCUT2D eigenvalue weighted by molar-refractivity contribution is 7.19. The zero-order valence-electron chi connectivity index (χ0n) is 17.9. The highest BCUT2D eigenvalue weighted by Gasteiger charge is 2.23. The lowest BCUT2D eigenvalue weighted by atomic mass is 10.1. The van der Waals surface area contributed by atoms with E-state index in [1.807, 2.05) is 24.7 Å². The molecule has 6 aromatic rings. The van der Waals surface area contributed by atoms with Crippen LogP contribution in [-0.2, 0) is 26.6 Å². The summed E-state index contributed by atoms with van der Waals surface area (Å²) in [7, 11) is 2.11. The highest BCUT2D eigenvalue weighted by atomic mass is 32.1. The van der Waals surface area contributed by atoms with Gasteiger partial charge in [0, 0.05) is 29.8 Å². The van der Waals surface area contributed by atoms with Gasteiger partial charge in [-0.3, -0.25) is 15.2 Å². The van der Waals surface area contributed by atoms with Gasteiger partial charge >= 0.3 is 0 Å². The molecule has 2 aromatic carbocycles. The molecule has 1 aliphatic heterocycles. The predicted molar refractivity (Wildman–Crippen MR) is 130 cm³/mol. The molecule has 4 aromatic heterocycles. The number of thiazole rings is 1. The van der Waals surface area contributed by atoms with Crippen molar-refractivity contribution in [3.8, 4) is 0 Å². The van der Waals surface area contributed by atoms with Gasteiger partial charge in [0.1, 0.15) is 5.01 Å². The Morgan fingerprint density at radius 1 is 1.06 bits per heavy atom. The lowest BCUT2D eigenvalue weighted by molar-refractivity contribution is 0.263. The van der Waals surface area contributed by atoms with Gasteiger partial charge in [-0.25, -0.2) is 4.98 Å². The van der Waals surface area contributed by atoms with Gasteiger partial charge < -0.3 is 4.57 Å². The van der Waals surface area contributed by atoms with Crippen molar-refractivity contribution in [2.75, 3.05) is 0 Å². The Morgan fingerprint density at radius 2 is 1.97 bits per heavy atom. The molecule has 8 nitrogen and oxygen atoms in total. The van der Waals surface area contributed by atoms with E-state index in [-0.39, 0.29) is 0 Å². The molecule has 9 heteroatoms. The van der Waals surface area contributed by atoms with Crippen molar-refractivity contribution in [2.45, 2.75) is 19.5 Å². The van der Waals surface area contributed by atoms with Gasteiger partial charge in [0.2, 0.25) is 0 Å². The number of rotatable bonds is 4. The molecule has 0 aliphatic carbocycles. The first-order valence-corrected chi connectivity index (χ1v) is 11.6. The zero-order chi connectivity index (χ0) is 21.9. The van der Waals surface area contributed by atoms with E-state index in [1.54, 1.807) is 11.3 Å². The van der Waals surface area contributed by atoms with E-state index in [9.17, 15) is 0 Å². The van der Waals surface area contributed by atoms with Crippen LogP contribution in [0.25, 0.3) is 32.2 Å². The third-order valence-electron chi connectivity index (χ3n) is 6.40. The monoisotopic (exact) mass is 452 g/mol. The minimum absolute atomic E-state index is 0.737. The number of hydrogen-bond donors (Lipinski definition) is 2. The summed E-state index contributed by atoms with van der Waals surface area (Å²) >= 11 is 1.76. The molecule has 0 bridgehead atoms. The highest BCUT2D eigenvalue weighted by Crippen LogP contribution is 2.33. The summed E-state index contributed by atoms with van der Waals surface area (Å²) in [6.45, 7) is 1.49. The number of hydrogen-bond acceptors (Lipinski definition) is 6. The van der Waals surface area contributed by atoms with Crippen LogP contribution in [0.3, 0.4) is 0 Å². The largest absolute Gasteiger partial charge is 0.329 e. The summed E-state index contributed by atoms with van der Waals surface area (Å²) in [5, 5.41) is 24.6. The Balaban J connectivity index is 1.18. The van der Waals surface area contributed by atoms with Crippen LogP contribution < -0.4 is 0 Å². The molecule has 0 atom stereocenters. The van der Waals surface area contributed by atoms with Crippen LogP contribution in [0.1, 0.15) is 27.4 Å². The predicted octanol–water partition coefficient (Wildman–Crippen LogP) is 4.33. The molecular formula is C24H20N8S. The summed E-state index contributed by atoms with van der Waals surface area (Å²) in [4.78, 5) is 4.99. The fourth-order valence-electron chi connectivity index (χ4n) is 4.68. The molecule has 0 saturated carbocycles. The maximum Gasteiger partial charge on any atom is 0.152 e. The summed E-state index contributed by atoms with van der Waals surface area (Å²) in [6, 6.07) is 12.7. The molecule has 1 aliphatic rings. The van der Waals surface area contributed by atoms with Crippen LogP contribution in [-0.4, -0.2) is 41.2 Å². The van der Waals surface area contributed by atoms with Crippen LogP contribution in [0.5, 0.6) is 0 Å². The van der Waals surface area contributed by atoms with Crippen molar-refractivity contribution >= 4 is 49.7 Å². The van der Waals surface area contributed by atoms with Gasteiger partial charge in [0.05, 0.1) is 53.1 Å². The van der Waals surface area contributed by atoms with E-state index >= 15 is 0 Å². The minimum atomic E-state index is 0.737. The van der Waals surface area contributed by atoms with Gasteiger partial charge in [-0.1, -0.05) is 24.3 Å². The summed E-state index contributed by atoms with van der Waals surface area (Å²) in [6.07, 6.45) is 6.54. The third-order valence-corrected chi connectivity index (χ3v) is 7.48. The van der Waals surface area contributed by atoms with Crippen molar-refractivity contribution in [3.63, 3.8) is 0 Å². The maximum absolute atomic E-state index is 4.99. The van der Waals surface area contributed by atoms with Gasteiger partial charge in [-0.15, -0.1) is 11.3 Å². The zero-order valence-corrected chi connectivity index (χ0v) is 18.7. The number of hydrazone groups is 1. The number of benzene rings is 2. The van der Waals surface area contributed by atoms with E-state index in [4.69, 9.17) is 10.1 Å². The molecule has 162 valence electrons. The Kier molecular flexibility index (Phi) is 3.95. The topological polar surface area (TPSA) is 90.8 Å². The Labute approximate surface area is 192 Å². The molecule has 0 unspecified atom stereocenters. The van der Waals surface area contributed by atoms with Crippen molar-refractivity contribution < 1.29 is 0 Å². The normalized spacial score (nSPS) is 13.5. The number of nitrogens with zero attached hydrogens (tertiary/aromatic N) is 6. The first-order chi connectivity index (χ1) is 16.2. The molecule has 0 spiro atoms. The number of aryl methyl sites for hydroxylation is 1. The number of nitrogens with one attached hydrogen (secondary N) is 2. The minimum Gasteiger partial charge on any atom is -0.329 e. The Hall–Kier alpha value is -3.98. The van der Waals surface area contributed by atoms with Gasteiger partial charge in [-0.2, -0.15) is 15.3 Å². The fraction of sp³-hybridized carbons (Fsp3) is 0.167. The van der Waals surface area contributed by atoms with E-state index < -0.39 is 0 Å². The SMILES string of the molecule is Cn1c2c(c3sc(Cc4ccc5cn[nH]c5c4)nc31)C=NN(Cc1cccc3[nH]ncc13)C2. The lowest BCUT2D eigenvalue weighted by Gasteiger charge is -2.23. The van der Waals surface area contributed by atoms with Crippen LogP contribution in [0.4, 0.5) is 0 Å². The van der Waals surface area contributed by atoms with Crippen LogP contribution in [0.15, 0.2) is 53.9 Å². The van der Waals surface area contributed by atoms with Crippen molar-refractivity contribution in [2.24, 2.45) is 12.1 Å². The molecular weight excluding hydrogens is 432 g/mol. The maximum atomic E-state index is 4.99. The number of H-pyrrole nitrogens is 2. The van der Waals surface area contributed by atoms with Crippen LogP contribution >= 0.6 is 11.3 Å². The van der Waals surface area contributed by atoms with Crippen molar-refractivity contribution in [1.82, 2.24) is 35.0 Å². The second-order valence-corrected chi connectivity index (χ2v) is 9.55. The summed E-state index contributed by atoms with van der Waals surface area (Å²) in [5.74, 6) is 0. The molecule has 0 fully saturated rings. The lowest BCUT2D eigenvalue weighted by Crippen LogP contribution is -2.22. The van der Waals surface area contributed by atoms with Gasteiger partial charge in [0.25, 0.3) is 0 Å². The van der Waals surface area contributed by atoms with E-state index in [0.717, 1.165) is 52.0 Å². The van der Waals surface area contributed by atoms with Gasteiger partial charge in [-0.05, 0) is 23.3 Å². The number of aromatic nitrogens is 6. The first kappa shape index (κ1) is 18.6. The molecule has 33 heavy (non-hydrogen) atoms. The molecule has 5 heterocycles. The second kappa shape index (κ2) is 7.01. The molecule has 0 saturated heterocycles. The van der Waals surface area contributed by atoms with E-state index in [1.165, 1.54) is 27.1 Å². The summed E-state index contributed by atoms with van der Waals surface area (Å²) < 4.78 is 3.43. The molecule has 2 N–H and O–H groups in total. The third kappa shape index (κ3) is 2.96. The van der Waals surface area contributed by atoms with Crippen molar-refractivity contribution in [3.05, 3.63) is 76.2 Å². The number of fused-ring (bicyclic) bond motifs is 5. The number of aromatic amines is 2. The van der Waals surface area contributed by atoms with E-state index in [2.05, 4.69) is 67.4 Å². The van der Waals surface area contributed by atoms with Crippen LogP contribution in [0, 0.1) is 0 Å². The van der Waals surface area contributed by atoms with Crippen LogP contribution in [0.2, 0.25) is 0 Å². The van der Waals surface area contributed by atoms with Gasteiger partial charge in [0.15, 0.2) is 5.65 Å². The average molecular weight is 453 g/mol. The quantitative estimate of drug-likeness (QED) is 0.417. The molecule has 7 rings (SSSR count). The average Bonchev–Trinajstić information content (AvgIpc) is 3.60. The Morgan fingerprint density at radius 3 is 2.94 bits per heavy atom. The first-order valence-electron chi connectivity index (χ1n) is 10.8. The second-order valence-electron chi connectivity index (χ2n) is 8.46. The Bertz CT molecular complexity index is 1680. The standard InChI is InChI=1S/C24H20N8S/c1-31-21-13-32(12-16-3-2-4-19-17(16)10-26-29-19)27-11-18(21)23-24(31)28-22(33-23)8-14-5-6-15-9-25-30-20(15)7-14/h2-7,9-11H,8,12-13H2,1H3,(H,25,30)(H,26,29). The fourth-order valence-corrected chi connectivity index (χ4v) is 5.84. The van der Waals surface area contributed by atoms with Crippen molar-refractivity contribution in [1.29, 1.82) is 0 Å².